The minimum atomic E-state index is -3.81. The number of aromatic nitrogens is 2. The van der Waals surface area contributed by atoms with Crippen LogP contribution >= 0.6 is 0 Å². The molecule has 29 heavy (non-hydrogen) atoms. The van der Waals surface area contributed by atoms with Gasteiger partial charge in [-0.2, -0.15) is 0 Å². The van der Waals surface area contributed by atoms with E-state index >= 15 is 0 Å². The molecule has 5 heteroatoms. The summed E-state index contributed by atoms with van der Waals surface area (Å²) in [7, 11) is -3.81. The van der Waals surface area contributed by atoms with E-state index in [1.807, 2.05) is 62.4 Å². The summed E-state index contributed by atoms with van der Waals surface area (Å²) in [5.74, 6) is 0. The normalized spacial score (nSPS) is 11.8. The molecule has 148 valence electrons. The minimum absolute atomic E-state index is 0.261. The summed E-state index contributed by atoms with van der Waals surface area (Å²) < 4.78 is 28.8. The van der Waals surface area contributed by atoms with Gasteiger partial charge in [0.25, 0.3) is 10.0 Å². The molecular weight excluding hydrogens is 380 g/mol. The molecule has 0 spiro atoms. The van der Waals surface area contributed by atoms with Crippen LogP contribution in [0.3, 0.4) is 0 Å². The van der Waals surface area contributed by atoms with E-state index in [0.29, 0.717) is 11.3 Å². The maximum atomic E-state index is 13.7. The maximum Gasteiger partial charge on any atom is 0.269 e. The van der Waals surface area contributed by atoms with Crippen molar-refractivity contribution in [1.29, 1.82) is 0 Å². The summed E-state index contributed by atoms with van der Waals surface area (Å²) >= 11 is 0. The molecule has 0 aliphatic rings. The van der Waals surface area contributed by atoms with Gasteiger partial charge in [0, 0.05) is 11.6 Å². The van der Waals surface area contributed by atoms with Crippen LogP contribution in [0.5, 0.6) is 0 Å². The van der Waals surface area contributed by atoms with Crippen LogP contribution in [0.4, 0.5) is 0 Å². The first-order valence-corrected chi connectivity index (χ1v) is 11.2. The second-order valence-electron chi connectivity index (χ2n) is 7.44. The average molecular weight is 405 g/mol. The highest BCUT2D eigenvalue weighted by Gasteiger charge is 2.25. The van der Waals surface area contributed by atoms with Crippen molar-refractivity contribution in [2.45, 2.75) is 38.5 Å². The van der Waals surface area contributed by atoms with Crippen molar-refractivity contribution in [1.82, 2.24) is 8.96 Å². The van der Waals surface area contributed by atoms with E-state index in [0.717, 1.165) is 40.5 Å². The van der Waals surface area contributed by atoms with Gasteiger partial charge < -0.3 is 0 Å². The molecule has 2 aromatic carbocycles. The fourth-order valence-electron chi connectivity index (χ4n) is 3.68. The smallest absolute Gasteiger partial charge is 0.237 e. The first-order valence-electron chi connectivity index (χ1n) is 9.80. The Labute approximate surface area is 171 Å². The van der Waals surface area contributed by atoms with E-state index in [9.17, 15) is 8.42 Å². The van der Waals surface area contributed by atoms with Gasteiger partial charge in [-0.25, -0.2) is 17.4 Å². The van der Waals surface area contributed by atoms with Crippen molar-refractivity contribution in [3.05, 3.63) is 83.6 Å². The van der Waals surface area contributed by atoms with E-state index in [4.69, 9.17) is 0 Å². The summed E-state index contributed by atoms with van der Waals surface area (Å²) in [5, 5.41) is 0.890. The molecule has 0 atom stereocenters. The van der Waals surface area contributed by atoms with E-state index in [1.54, 1.807) is 18.3 Å². The quantitative estimate of drug-likeness (QED) is 0.441. The van der Waals surface area contributed by atoms with Crippen LogP contribution < -0.4 is 0 Å². The van der Waals surface area contributed by atoms with E-state index in [2.05, 4.69) is 11.9 Å². The Kier molecular flexibility index (Phi) is 5.01. The molecule has 4 nitrogen and oxygen atoms in total. The molecule has 0 N–H and O–H groups in total. The summed E-state index contributed by atoms with van der Waals surface area (Å²) in [6.07, 6.45) is 3.56. The molecule has 0 bridgehead atoms. The van der Waals surface area contributed by atoms with Crippen LogP contribution in [0.15, 0.2) is 71.8 Å². The van der Waals surface area contributed by atoms with Crippen molar-refractivity contribution in [3.8, 4) is 11.3 Å². The van der Waals surface area contributed by atoms with Gasteiger partial charge in [0.2, 0.25) is 0 Å². The molecule has 0 aliphatic carbocycles. The van der Waals surface area contributed by atoms with Crippen LogP contribution in [-0.2, 0) is 16.4 Å². The lowest BCUT2D eigenvalue weighted by Crippen LogP contribution is -2.14. The predicted molar refractivity (Wildman–Crippen MR) is 118 cm³/mol. The highest BCUT2D eigenvalue weighted by Crippen LogP contribution is 2.33. The lowest BCUT2D eigenvalue weighted by atomic mass is 10.1. The van der Waals surface area contributed by atoms with Crippen LogP contribution in [0.1, 0.15) is 30.0 Å². The topological polar surface area (TPSA) is 52.0 Å². The second-order valence-corrected chi connectivity index (χ2v) is 9.23. The van der Waals surface area contributed by atoms with Crippen LogP contribution in [0, 0.1) is 13.8 Å². The minimum Gasteiger partial charge on any atom is -0.237 e. The van der Waals surface area contributed by atoms with Crippen LogP contribution in [0.2, 0.25) is 0 Å². The van der Waals surface area contributed by atoms with Gasteiger partial charge in [-0.3, -0.25) is 0 Å². The maximum absolute atomic E-state index is 13.7. The molecule has 0 aliphatic heterocycles. The molecule has 0 saturated heterocycles. The third-order valence-electron chi connectivity index (χ3n) is 5.14. The summed E-state index contributed by atoms with van der Waals surface area (Å²) in [5.41, 5.74) is 5.19. The standard InChI is InChI=1S/C24H24N2O2S/c1-4-6-19-13-14-25-24-22(19)16-23(20-8-5-7-18(3)15-20)26(24)29(27,28)21-11-9-17(2)10-12-21/h5,7-16H,4,6H2,1-3H3. The zero-order valence-electron chi connectivity index (χ0n) is 16.9. The summed E-state index contributed by atoms with van der Waals surface area (Å²) in [6.45, 7) is 6.07. The SMILES string of the molecule is CCCc1ccnc2c1cc(-c1cccc(C)c1)n2S(=O)(=O)c1ccc(C)cc1. The Hall–Kier alpha value is -2.92. The van der Waals surface area contributed by atoms with Crippen molar-refractivity contribution in [2.24, 2.45) is 0 Å². The van der Waals surface area contributed by atoms with Crippen molar-refractivity contribution in [2.75, 3.05) is 0 Å². The Morgan fingerprint density at radius 1 is 0.931 bits per heavy atom. The molecular formula is C24H24N2O2S. The zero-order chi connectivity index (χ0) is 20.6. The number of aryl methyl sites for hydroxylation is 3. The van der Waals surface area contributed by atoms with Gasteiger partial charge >= 0.3 is 0 Å². The third-order valence-corrected chi connectivity index (χ3v) is 6.86. The van der Waals surface area contributed by atoms with Gasteiger partial charge in [-0.1, -0.05) is 54.8 Å². The Morgan fingerprint density at radius 3 is 2.38 bits per heavy atom. The van der Waals surface area contributed by atoms with Crippen molar-refractivity contribution < 1.29 is 8.42 Å². The fourth-order valence-corrected chi connectivity index (χ4v) is 5.16. The number of benzene rings is 2. The third kappa shape index (κ3) is 3.47. The molecule has 4 aromatic rings. The van der Waals surface area contributed by atoms with Crippen LogP contribution in [-0.4, -0.2) is 17.4 Å². The fraction of sp³-hybridized carbons (Fsp3) is 0.208. The van der Waals surface area contributed by atoms with Crippen LogP contribution in [0.25, 0.3) is 22.3 Å². The molecule has 4 rings (SSSR count). The number of fused-ring (bicyclic) bond motifs is 1. The van der Waals surface area contributed by atoms with E-state index < -0.39 is 10.0 Å². The van der Waals surface area contributed by atoms with Gasteiger partial charge in [0.15, 0.2) is 5.65 Å². The molecule has 0 radical (unpaired) electrons. The molecule has 2 aromatic heterocycles. The summed E-state index contributed by atoms with van der Waals surface area (Å²) in [4.78, 5) is 4.75. The lowest BCUT2D eigenvalue weighted by molar-refractivity contribution is 0.589. The summed E-state index contributed by atoms with van der Waals surface area (Å²) in [6, 6.07) is 18.8. The zero-order valence-corrected chi connectivity index (χ0v) is 17.7. The van der Waals surface area contributed by atoms with Gasteiger partial charge in [0.1, 0.15) is 0 Å². The first-order chi connectivity index (χ1) is 13.9. The monoisotopic (exact) mass is 404 g/mol. The number of hydrogen-bond donors (Lipinski definition) is 0. The molecule has 0 saturated carbocycles. The Bertz CT molecular complexity index is 1290. The second kappa shape index (κ2) is 7.48. The molecule has 0 amide bonds. The number of pyridine rings is 1. The predicted octanol–water partition coefficient (Wildman–Crippen LogP) is 5.51. The average Bonchev–Trinajstić information content (AvgIpc) is 3.10. The lowest BCUT2D eigenvalue weighted by Gasteiger charge is -2.12. The number of nitrogens with zero attached hydrogens (tertiary/aromatic N) is 2. The number of rotatable bonds is 5. The highest BCUT2D eigenvalue weighted by molar-refractivity contribution is 7.90. The van der Waals surface area contributed by atoms with E-state index in [1.165, 1.54) is 3.97 Å². The van der Waals surface area contributed by atoms with Gasteiger partial charge in [-0.15, -0.1) is 0 Å². The first kappa shape index (κ1) is 19.4. The van der Waals surface area contributed by atoms with Gasteiger partial charge in [0.05, 0.1) is 10.6 Å². The largest absolute Gasteiger partial charge is 0.269 e. The number of hydrogen-bond acceptors (Lipinski definition) is 3. The Morgan fingerprint density at radius 2 is 1.69 bits per heavy atom. The molecule has 0 unspecified atom stereocenters. The molecule has 0 fully saturated rings. The van der Waals surface area contributed by atoms with Crippen molar-refractivity contribution >= 4 is 21.1 Å². The van der Waals surface area contributed by atoms with Gasteiger partial charge in [-0.05, 0) is 61.7 Å². The molecule has 2 heterocycles. The Balaban J connectivity index is 2.07. The van der Waals surface area contributed by atoms with E-state index in [-0.39, 0.29) is 4.90 Å². The highest BCUT2D eigenvalue weighted by atomic mass is 32.2. The van der Waals surface area contributed by atoms with Crippen molar-refractivity contribution in [3.63, 3.8) is 0 Å².